The minimum absolute atomic E-state index is 0.209. The van der Waals surface area contributed by atoms with Gasteiger partial charge in [0.1, 0.15) is 0 Å². The van der Waals surface area contributed by atoms with E-state index in [-0.39, 0.29) is 5.91 Å². The van der Waals surface area contributed by atoms with Gasteiger partial charge in [0, 0.05) is 29.7 Å². The van der Waals surface area contributed by atoms with E-state index in [1.165, 1.54) is 12.8 Å². The summed E-state index contributed by atoms with van der Waals surface area (Å²) >= 11 is 5.19. The zero-order valence-corrected chi connectivity index (χ0v) is 13.6. The second-order valence-corrected chi connectivity index (χ2v) is 6.08. The number of benzene rings is 1. The van der Waals surface area contributed by atoms with Crippen molar-refractivity contribution in [1.82, 2.24) is 20.7 Å². The number of carbonyl (C=O) groups is 1. The predicted octanol–water partition coefficient (Wildman–Crippen LogP) is 2.53. The van der Waals surface area contributed by atoms with Crippen LogP contribution in [0.2, 0.25) is 0 Å². The summed E-state index contributed by atoms with van der Waals surface area (Å²) in [6, 6.07) is 11.7. The lowest BCUT2D eigenvalue weighted by Crippen LogP contribution is -2.49. The van der Waals surface area contributed by atoms with Gasteiger partial charge >= 0.3 is 0 Å². The lowest BCUT2D eigenvalue weighted by atomic mass is 10.2. The highest BCUT2D eigenvalue weighted by atomic mass is 32.1. The molecule has 0 bridgehead atoms. The summed E-state index contributed by atoms with van der Waals surface area (Å²) in [5, 5.41) is 3.68. The monoisotopic (exact) mass is 328 g/mol. The first-order valence-electron chi connectivity index (χ1n) is 7.82. The molecule has 1 aliphatic rings. The Morgan fingerprint density at radius 3 is 2.35 bits per heavy atom. The molecule has 1 aliphatic carbocycles. The molecule has 1 heterocycles. The van der Waals surface area contributed by atoms with Crippen molar-refractivity contribution in [3.8, 4) is 5.69 Å². The van der Waals surface area contributed by atoms with Crippen molar-refractivity contribution in [2.24, 2.45) is 0 Å². The predicted molar refractivity (Wildman–Crippen MR) is 94.4 cm³/mol. The van der Waals surface area contributed by atoms with Gasteiger partial charge in [-0.2, -0.15) is 0 Å². The summed E-state index contributed by atoms with van der Waals surface area (Å²) in [6.07, 6.45) is 8.67. The largest absolute Gasteiger partial charge is 0.359 e. The SMILES string of the molecule is O=C(NNC(=S)NC1CCCC1)c1ccc(-n2cccc2)cc1. The van der Waals surface area contributed by atoms with Gasteiger partial charge < -0.3 is 9.88 Å². The topological polar surface area (TPSA) is 58.1 Å². The number of carbonyl (C=O) groups excluding carboxylic acids is 1. The van der Waals surface area contributed by atoms with Gasteiger partial charge in [-0.15, -0.1) is 0 Å². The second kappa shape index (κ2) is 7.28. The van der Waals surface area contributed by atoms with Crippen LogP contribution >= 0.6 is 12.2 Å². The smallest absolute Gasteiger partial charge is 0.269 e. The molecule has 0 radical (unpaired) electrons. The normalized spacial score (nSPS) is 14.4. The highest BCUT2D eigenvalue weighted by molar-refractivity contribution is 7.80. The molecule has 5 nitrogen and oxygen atoms in total. The van der Waals surface area contributed by atoms with Crippen molar-refractivity contribution in [2.75, 3.05) is 0 Å². The Morgan fingerprint density at radius 1 is 1.04 bits per heavy atom. The maximum atomic E-state index is 12.1. The molecule has 3 N–H and O–H groups in total. The molecule has 3 rings (SSSR count). The molecule has 1 fully saturated rings. The van der Waals surface area contributed by atoms with E-state index < -0.39 is 0 Å². The molecule has 2 aromatic rings. The summed E-state index contributed by atoms with van der Waals surface area (Å²) in [4.78, 5) is 12.1. The first-order valence-corrected chi connectivity index (χ1v) is 8.23. The van der Waals surface area contributed by atoms with Crippen LogP contribution in [-0.4, -0.2) is 21.6 Å². The van der Waals surface area contributed by atoms with Crippen LogP contribution in [0.4, 0.5) is 0 Å². The average Bonchev–Trinajstić information content (AvgIpc) is 3.26. The maximum absolute atomic E-state index is 12.1. The first-order chi connectivity index (χ1) is 11.2. The van der Waals surface area contributed by atoms with Crippen molar-refractivity contribution in [3.05, 3.63) is 54.4 Å². The van der Waals surface area contributed by atoms with Gasteiger partial charge in [0.05, 0.1) is 0 Å². The zero-order chi connectivity index (χ0) is 16.1. The van der Waals surface area contributed by atoms with Crippen LogP contribution in [0.1, 0.15) is 36.0 Å². The van der Waals surface area contributed by atoms with E-state index in [9.17, 15) is 4.79 Å². The third kappa shape index (κ3) is 4.10. The van der Waals surface area contributed by atoms with Gasteiger partial charge in [-0.05, 0) is 61.5 Å². The van der Waals surface area contributed by atoms with Crippen molar-refractivity contribution >= 4 is 23.2 Å². The van der Waals surface area contributed by atoms with E-state index in [2.05, 4.69) is 16.2 Å². The number of hydrogen-bond acceptors (Lipinski definition) is 2. The van der Waals surface area contributed by atoms with Crippen LogP contribution in [0.5, 0.6) is 0 Å². The van der Waals surface area contributed by atoms with Crippen LogP contribution in [0.25, 0.3) is 5.69 Å². The number of hydrazine groups is 1. The summed E-state index contributed by atoms with van der Waals surface area (Å²) in [7, 11) is 0. The molecule has 1 aromatic carbocycles. The number of thiocarbonyl (C=S) groups is 1. The van der Waals surface area contributed by atoms with Crippen LogP contribution in [-0.2, 0) is 0 Å². The first kappa shape index (κ1) is 15.6. The van der Waals surface area contributed by atoms with Gasteiger partial charge in [-0.3, -0.25) is 15.6 Å². The molecular weight excluding hydrogens is 308 g/mol. The Morgan fingerprint density at radius 2 is 1.70 bits per heavy atom. The van der Waals surface area contributed by atoms with Gasteiger partial charge in [-0.1, -0.05) is 12.8 Å². The number of aromatic nitrogens is 1. The quantitative estimate of drug-likeness (QED) is 0.599. The van der Waals surface area contributed by atoms with E-state index in [0.29, 0.717) is 16.7 Å². The van der Waals surface area contributed by atoms with Gasteiger partial charge in [0.15, 0.2) is 5.11 Å². The van der Waals surface area contributed by atoms with Gasteiger partial charge in [0.2, 0.25) is 0 Å². The van der Waals surface area contributed by atoms with E-state index in [1.54, 1.807) is 12.1 Å². The lowest BCUT2D eigenvalue weighted by Gasteiger charge is -2.16. The van der Waals surface area contributed by atoms with E-state index in [1.807, 2.05) is 41.2 Å². The number of hydrogen-bond donors (Lipinski definition) is 3. The third-order valence-electron chi connectivity index (χ3n) is 4.01. The van der Waals surface area contributed by atoms with Gasteiger partial charge in [-0.25, -0.2) is 0 Å². The Balaban J connectivity index is 1.50. The Hall–Kier alpha value is -2.34. The Labute approximate surface area is 141 Å². The standard InChI is InChI=1S/C17H20N4OS/c22-16(19-20-17(23)18-14-5-1-2-6-14)13-7-9-15(10-8-13)21-11-3-4-12-21/h3-4,7-12,14H,1-2,5-6H2,(H,19,22)(H2,18,20,23). The minimum Gasteiger partial charge on any atom is -0.359 e. The maximum Gasteiger partial charge on any atom is 0.269 e. The Bertz CT molecular complexity index is 660. The lowest BCUT2D eigenvalue weighted by molar-refractivity contribution is 0.0943. The molecule has 0 spiro atoms. The van der Waals surface area contributed by atoms with Gasteiger partial charge in [0.25, 0.3) is 5.91 Å². The highest BCUT2D eigenvalue weighted by Gasteiger charge is 2.15. The highest BCUT2D eigenvalue weighted by Crippen LogP contribution is 2.17. The molecule has 120 valence electrons. The minimum atomic E-state index is -0.209. The summed E-state index contributed by atoms with van der Waals surface area (Å²) in [5.74, 6) is -0.209. The molecule has 6 heteroatoms. The van der Waals surface area contributed by atoms with E-state index in [0.717, 1.165) is 18.5 Å². The van der Waals surface area contributed by atoms with E-state index in [4.69, 9.17) is 12.2 Å². The van der Waals surface area contributed by atoms with Crippen molar-refractivity contribution < 1.29 is 4.79 Å². The molecule has 0 saturated heterocycles. The molecular formula is C17H20N4OS. The number of rotatable bonds is 3. The average molecular weight is 328 g/mol. The molecule has 1 aromatic heterocycles. The van der Waals surface area contributed by atoms with Crippen LogP contribution < -0.4 is 16.2 Å². The molecule has 23 heavy (non-hydrogen) atoms. The fourth-order valence-corrected chi connectivity index (χ4v) is 2.99. The summed E-state index contributed by atoms with van der Waals surface area (Å²) < 4.78 is 1.99. The van der Waals surface area contributed by atoms with Crippen LogP contribution in [0.15, 0.2) is 48.8 Å². The summed E-state index contributed by atoms with van der Waals surface area (Å²) in [5.41, 5.74) is 6.99. The van der Waals surface area contributed by atoms with Crippen molar-refractivity contribution in [3.63, 3.8) is 0 Å². The fraction of sp³-hybridized carbons (Fsp3) is 0.294. The molecule has 1 amide bonds. The van der Waals surface area contributed by atoms with Crippen LogP contribution in [0, 0.1) is 0 Å². The molecule has 1 saturated carbocycles. The molecule has 0 atom stereocenters. The molecule has 0 aliphatic heterocycles. The van der Waals surface area contributed by atoms with Crippen molar-refractivity contribution in [1.29, 1.82) is 0 Å². The van der Waals surface area contributed by atoms with E-state index >= 15 is 0 Å². The Kier molecular flexibility index (Phi) is 4.92. The number of nitrogens with one attached hydrogen (secondary N) is 3. The zero-order valence-electron chi connectivity index (χ0n) is 12.8. The fourth-order valence-electron chi connectivity index (χ4n) is 2.77. The summed E-state index contributed by atoms with van der Waals surface area (Å²) in [6.45, 7) is 0. The second-order valence-electron chi connectivity index (χ2n) is 5.67. The number of amides is 1. The number of nitrogens with zero attached hydrogens (tertiary/aromatic N) is 1. The van der Waals surface area contributed by atoms with Crippen molar-refractivity contribution in [2.45, 2.75) is 31.7 Å². The third-order valence-corrected chi connectivity index (χ3v) is 4.23. The molecule has 0 unspecified atom stereocenters. The van der Waals surface area contributed by atoms with Crippen LogP contribution in [0.3, 0.4) is 0 Å².